The van der Waals surface area contributed by atoms with Gasteiger partial charge in [-0.3, -0.25) is 9.80 Å². The molecule has 3 heterocycles. The van der Waals surface area contributed by atoms with Crippen LogP contribution in [0.1, 0.15) is 38.5 Å². The predicted molar refractivity (Wildman–Crippen MR) is 132 cm³/mol. The van der Waals surface area contributed by atoms with Gasteiger partial charge in [0.05, 0.1) is 5.39 Å². The van der Waals surface area contributed by atoms with Crippen LogP contribution < -0.4 is 9.47 Å². The van der Waals surface area contributed by atoms with E-state index in [0.717, 1.165) is 44.8 Å². The number of ether oxygens (including phenoxy) is 2. The number of piperidine rings is 2. The molecular formula is C26H34N2O3S. The molecule has 1 atom stereocenters. The molecule has 1 aromatic heterocycles. The highest BCUT2D eigenvalue weighted by Gasteiger charge is 2.18. The Morgan fingerprint density at radius 3 is 1.84 bits per heavy atom. The second-order valence-corrected chi connectivity index (χ2v) is 10.5. The summed E-state index contributed by atoms with van der Waals surface area (Å²) in [4.78, 5) is 4.95. The van der Waals surface area contributed by atoms with Crippen molar-refractivity contribution in [2.24, 2.45) is 0 Å². The number of nitrogens with zero attached hydrogens (tertiary/aromatic N) is 2. The maximum atomic E-state index is 13.1. The van der Waals surface area contributed by atoms with Crippen molar-refractivity contribution in [3.63, 3.8) is 0 Å². The number of benzene rings is 2. The van der Waals surface area contributed by atoms with E-state index in [9.17, 15) is 4.55 Å². The van der Waals surface area contributed by atoms with Crippen molar-refractivity contribution in [2.75, 3.05) is 52.5 Å². The fourth-order valence-electron chi connectivity index (χ4n) is 5.01. The van der Waals surface area contributed by atoms with Crippen molar-refractivity contribution >= 4 is 30.9 Å². The summed E-state index contributed by atoms with van der Waals surface area (Å²) in [5, 5.41) is 2.05. The Labute approximate surface area is 193 Å². The molecule has 2 aromatic carbocycles. The van der Waals surface area contributed by atoms with E-state index in [1.807, 2.05) is 36.4 Å². The maximum absolute atomic E-state index is 13.1. The van der Waals surface area contributed by atoms with Gasteiger partial charge in [-0.1, -0.05) is 12.8 Å². The van der Waals surface area contributed by atoms with Crippen molar-refractivity contribution in [1.29, 1.82) is 0 Å². The summed E-state index contributed by atoms with van der Waals surface area (Å²) in [7, 11) is -1.16. The topological polar surface area (TPSA) is 48.0 Å². The molecule has 0 aliphatic carbocycles. The molecule has 0 amide bonds. The minimum absolute atomic E-state index is 0.674. The Balaban J connectivity index is 1.25. The second-order valence-electron chi connectivity index (χ2n) is 9.09. The Hall–Kier alpha value is -1.86. The minimum Gasteiger partial charge on any atom is -0.590 e. The Morgan fingerprint density at radius 2 is 1.22 bits per heavy atom. The van der Waals surface area contributed by atoms with Crippen molar-refractivity contribution < 1.29 is 14.0 Å². The number of hydrogen-bond acceptors (Lipinski definition) is 5. The highest BCUT2D eigenvalue weighted by molar-refractivity contribution is 7.37. The van der Waals surface area contributed by atoms with E-state index in [4.69, 9.17) is 9.47 Å². The predicted octanol–water partition coefficient (Wildman–Crippen LogP) is 5.45. The normalized spacial score (nSPS) is 19.0. The zero-order chi connectivity index (χ0) is 21.8. The van der Waals surface area contributed by atoms with E-state index >= 15 is 0 Å². The molecule has 0 bridgehead atoms. The number of thiophene rings is 1. The highest BCUT2D eigenvalue weighted by atomic mass is 32.2. The Bertz CT molecular complexity index is 1040. The number of rotatable bonds is 8. The second kappa shape index (κ2) is 10.4. The standard InChI is InChI=1S/C26H34N2O3S/c29-32-25-10-8-21(30-17-15-27-11-3-1-4-12-27)19-24(25)23-9-7-22(20-26(23)32)31-18-16-28-13-5-2-6-14-28/h7-10,19-20H,1-6,11-18H2. The third kappa shape index (κ3) is 5.04. The lowest BCUT2D eigenvalue weighted by molar-refractivity contribution is 0.183. The van der Waals surface area contributed by atoms with Crippen molar-refractivity contribution in [3.8, 4) is 11.5 Å². The molecule has 2 saturated heterocycles. The lowest BCUT2D eigenvalue weighted by Crippen LogP contribution is -2.33. The van der Waals surface area contributed by atoms with Crippen LogP contribution in [0.5, 0.6) is 11.5 Å². The summed E-state index contributed by atoms with van der Waals surface area (Å²) in [6.45, 7) is 8.01. The summed E-state index contributed by atoms with van der Waals surface area (Å²) in [6.07, 6.45) is 7.88. The highest BCUT2D eigenvalue weighted by Crippen LogP contribution is 2.43. The van der Waals surface area contributed by atoms with Crippen LogP contribution in [0.25, 0.3) is 20.2 Å². The molecule has 0 N–H and O–H groups in total. The molecule has 6 heteroatoms. The summed E-state index contributed by atoms with van der Waals surface area (Å²) in [5.41, 5.74) is 0. The van der Waals surface area contributed by atoms with Crippen molar-refractivity contribution in [2.45, 2.75) is 38.5 Å². The van der Waals surface area contributed by atoms with Gasteiger partial charge in [-0.15, -0.1) is 0 Å². The molecule has 0 radical (unpaired) electrons. The fourth-order valence-corrected chi connectivity index (χ4v) is 6.41. The van der Waals surface area contributed by atoms with Gasteiger partial charge >= 0.3 is 0 Å². The largest absolute Gasteiger partial charge is 0.590 e. The first-order chi connectivity index (χ1) is 15.8. The number of fused-ring (bicyclic) bond motifs is 3. The van der Waals surface area contributed by atoms with E-state index < -0.39 is 10.8 Å². The van der Waals surface area contributed by atoms with Crippen LogP contribution >= 0.6 is 10.8 Å². The molecular weight excluding hydrogens is 420 g/mol. The van der Waals surface area contributed by atoms with E-state index in [1.54, 1.807) is 0 Å². The third-order valence-electron chi connectivity index (χ3n) is 6.84. The van der Waals surface area contributed by atoms with E-state index in [-0.39, 0.29) is 0 Å². The first-order valence-electron chi connectivity index (χ1n) is 12.2. The quantitative estimate of drug-likeness (QED) is 0.424. The van der Waals surface area contributed by atoms with Gasteiger partial charge in [-0.2, -0.15) is 0 Å². The minimum atomic E-state index is -1.16. The zero-order valence-corrected chi connectivity index (χ0v) is 19.7. The molecule has 32 heavy (non-hydrogen) atoms. The molecule has 0 spiro atoms. The first-order valence-corrected chi connectivity index (χ1v) is 13.3. The SMILES string of the molecule is [O-][s+]1c2ccc(OCCN3CCCCC3)cc2c2ccc(OCCN3CCCCC3)cc21. The maximum Gasteiger partial charge on any atom is 0.184 e. The average Bonchev–Trinajstić information content (AvgIpc) is 3.11. The summed E-state index contributed by atoms with van der Waals surface area (Å²) < 4.78 is 26.9. The lowest BCUT2D eigenvalue weighted by atomic mass is 10.1. The van der Waals surface area contributed by atoms with Crippen LogP contribution in [0.2, 0.25) is 0 Å². The monoisotopic (exact) mass is 454 g/mol. The van der Waals surface area contributed by atoms with Crippen LogP contribution in [-0.4, -0.2) is 66.8 Å². The molecule has 3 aromatic rings. The van der Waals surface area contributed by atoms with Crippen LogP contribution in [0.15, 0.2) is 36.4 Å². The van der Waals surface area contributed by atoms with E-state index in [2.05, 4.69) is 9.80 Å². The van der Waals surface area contributed by atoms with Crippen molar-refractivity contribution in [3.05, 3.63) is 36.4 Å². The van der Waals surface area contributed by atoms with Crippen LogP contribution in [0.4, 0.5) is 0 Å². The smallest absolute Gasteiger partial charge is 0.184 e. The molecule has 1 unspecified atom stereocenters. The van der Waals surface area contributed by atoms with Gasteiger partial charge in [0.25, 0.3) is 0 Å². The molecule has 5 nitrogen and oxygen atoms in total. The fraction of sp³-hybridized carbons (Fsp3) is 0.538. The lowest BCUT2D eigenvalue weighted by Gasteiger charge is -2.26. The molecule has 5 rings (SSSR count). The zero-order valence-electron chi connectivity index (χ0n) is 18.9. The average molecular weight is 455 g/mol. The molecule has 2 fully saturated rings. The first kappa shape index (κ1) is 22.0. The summed E-state index contributed by atoms with van der Waals surface area (Å²) >= 11 is 0. The summed E-state index contributed by atoms with van der Waals surface area (Å²) in [5.74, 6) is 1.66. The van der Waals surface area contributed by atoms with E-state index in [1.165, 1.54) is 64.7 Å². The van der Waals surface area contributed by atoms with E-state index in [0.29, 0.717) is 13.2 Å². The van der Waals surface area contributed by atoms with Gasteiger partial charge in [0.2, 0.25) is 0 Å². The van der Waals surface area contributed by atoms with Gasteiger partial charge < -0.3 is 14.0 Å². The number of likely N-dealkylation sites (tertiary alicyclic amines) is 2. The van der Waals surface area contributed by atoms with Crippen LogP contribution in [0, 0.1) is 0 Å². The third-order valence-corrected chi connectivity index (χ3v) is 8.34. The molecule has 0 saturated carbocycles. The number of hydrogen-bond donors (Lipinski definition) is 0. The van der Waals surface area contributed by atoms with Crippen LogP contribution in [0.3, 0.4) is 0 Å². The Kier molecular flexibility index (Phi) is 7.13. The van der Waals surface area contributed by atoms with Gasteiger partial charge in [-0.05, 0) is 86.9 Å². The van der Waals surface area contributed by atoms with Gasteiger partial charge in [-0.25, -0.2) is 0 Å². The van der Waals surface area contributed by atoms with Gasteiger partial charge in [0.1, 0.15) is 24.7 Å². The van der Waals surface area contributed by atoms with Crippen LogP contribution in [-0.2, 0) is 0 Å². The van der Waals surface area contributed by atoms with Gasteiger partial charge in [0.15, 0.2) is 9.40 Å². The van der Waals surface area contributed by atoms with Gasteiger partial charge in [0, 0.05) is 30.6 Å². The summed E-state index contributed by atoms with van der Waals surface area (Å²) in [6, 6.07) is 12.0. The van der Waals surface area contributed by atoms with Crippen molar-refractivity contribution in [1.82, 2.24) is 9.80 Å². The Morgan fingerprint density at radius 1 is 0.656 bits per heavy atom. The molecule has 172 valence electrons. The molecule has 2 aliphatic heterocycles. The molecule has 2 aliphatic rings.